The second-order valence-corrected chi connectivity index (χ2v) is 8.18. The fraction of sp³-hybridized carbons (Fsp3) is 0.300. The number of nitrogens with one attached hydrogen (secondary N) is 1. The quantitative estimate of drug-likeness (QED) is 0.697. The number of benzene rings is 2. The van der Waals surface area contributed by atoms with Crippen molar-refractivity contribution in [2.45, 2.75) is 19.4 Å². The number of thiocarbonyl (C=S) groups is 1. The molecule has 0 bridgehead atoms. The summed E-state index contributed by atoms with van der Waals surface area (Å²) in [6, 6.07) is 14.5. The van der Waals surface area contributed by atoms with Gasteiger partial charge >= 0.3 is 0 Å². The van der Waals surface area contributed by atoms with Crippen LogP contribution in [-0.4, -0.2) is 40.5 Å². The molecule has 1 fully saturated rings. The summed E-state index contributed by atoms with van der Waals surface area (Å²) in [7, 11) is 0. The molecule has 2 aromatic carbocycles. The Hall–Kier alpha value is -1.92. The van der Waals surface area contributed by atoms with Crippen LogP contribution in [-0.2, 0) is 11.2 Å². The maximum Gasteiger partial charge on any atom is 0.242 e. The molecular formula is C20H20BrN3OS. The lowest BCUT2D eigenvalue weighted by Gasteiger charge is -2.45. The van der Waals surface area contributed by atoms with Gasteiger partial charge in [-0.2, -0.15) is 0 Å². The van der Waals surface area contributed by atoms with Crippen molar-refractivity contribution in [3.8, 4) is 0 Å². The average molecular weight is 430 g/mol. The Labute approximate surface area is 167 Å². The number of nitrogens with zero attached hydrogens (tertiary/aromatic N) is 2. The van der Waals surface area contributed by atoms with Gasteiger partial charge in [-0.25, -0.2) is 0 Å². The van der Waals surface area contributed by atoms with Crippen molar-refractivity contribution in [2.75, 3.05) is 25.0 Å². The van der Waals surface area contributed by atoms with E-state index in [-0.39, 0.29) is 11.9 Å². The molecule has 2 heterocycles. The van der Waals surface area contributed by atoms with Crippen molar-refractivity contribution in [2.24, 2.45) is 0 Å². The molecule has 1 N–H and O–H groups in total. The first kappa shape index (κ1) is 17.5. The van der Waals surface area contributed by atoms with Crippen molar-refractivity contribution >= 4 is 44.9 Å². The number of hydrogen-bond donors (Lipinski definition) is 1. The summed E-state index contributed by atoms with van der Waals surface area (Å²) >= 11 is 9.02. The van der Waals surface area contributed by atoms with Crippen LogP contribution in [0.3, 0.4) is 0 Å². The molecule has 0 aromatic heterocycles. The second kappa shape index (κ2) is 7.00. The van der Waals surface area contributed by atoms with Gasteiger partial charge in [0.2, 0.25) is 5.91 Å². The number of aryl methyl sites for hydroxylation is 1. The summed E-state index contributed by atoms with van der Waals surface area (Å²) in [5, 5.41) is 3.85. The smallest absolute Gasteiger partial charge is 0.242 e. The summed E-state index contributed by atoms with van der Waals surface area (Å²) in [5.41, 5.74) is 4.80. The number of carbonyl (C=O) groups excluding carboxylic acids is 1. The molecule has 0 saturated carbocycles. The van der Waals surface area contributed by atoms with Crippen LogP contribution in [0.2, 0.25) is 0 Å². The van der Waals surface area contributed by atoms with Gasteiger partial charge in [0, 0.05) is 23.2 Å². The van der Waals surface area contributed by atoms with Crippen molar-refractivity contribution in [1.29, 1.82) is 0 Å². The number of fused-ring (bicyclic) bond motifs is 3. The Balaban J connectivity index is 1.55. The van der Waals surface area contributed by atoms with Crippen molar-refractivity contribution < 1.29 is 4.79 Å². The number of carbonyl (C=O) groups is 1. The molecule has 1 atom stereocenters. The molecule has 6 heteroatoms. The Morgan fingerprint density at radius 3 is 2.77 bits per heavy atom. The molecular weight excluding hydrogens is 410 g/mol. The number of hydrogen-bond acceptors (Lipinski definition) is 2. The highest BCUT2D eigenvalue weighted by Gasteiger charge is 2.37. The molecule has 26 heavy (non-hydrogen) atoms. The highest BCUT2D eigenvalue weighted by molar-refractivity contribution is 9.10. The van der Waals surface area contributed by atoms with Crippen LogP contribution in [0, 0.1) is 6.92 Å². The van der Waals surface area contributed by atoms with Gasteiger partial charge in [-0.15, -0.1) is 0 Å². The highest BCUT2D eigenvalue weighted by Crippen LogP contribution is 2.33. The zero-order valence-corrected chi connectivity index (χ0v) is 16.9. The molecule has 1 saturated heterocycles. The van der Waals surface area contributed by atoms with Gasteiger partial charge in [-0.3, -0.25) is 4.79 Å². The number of anilines is 1. The fourth-order valence-electron chi connectivity index (χ4n) is 3.75. The van der Waals surface area contributed by atoms with Crippen LogP contribution in [0.15, 0.2) is 46.9 Å². The van der Waals surface area contributed by atoms with E-state index in [1.54, 1.807) is 0 Å². The third kappa shape index (κ3) is 3.35. The van der Waals surface area contributed by atoms with Crippen molar-refractivity contribution in [3.05, 3.63) is 63.6 Å². The standard InChI is InChI=1S/C20H20BrN3OS/c1-13-2-7-17-14(10-13)8-9-24-18(17)11-23(12-19(24)25)20(26)22-16-5-3-15(21)4-6-16/h2-7,10,18H,8-9,11-12H2,1H3,(H,22,26)/t18-/m1/s1. The second-order valence-electron chi connectivity index (χ2n) is 6.87. The lowest BCUT2D eigenvalue weighted by atomic mass is 9.89. The van der Waals surface area contributed by atoms with Gasteiger partial charge in [0.15, 0.2) is 5.11 Å². The van der Waals surface area contributed by atoms with Gasteiger partial charge < -0.3 is 15.1 Å². The van der Waals surface area contributed by atoms with Crippen LogP contribution in [0.4, 0.5) is 5.69 Å². The molecule has 2 aliphatic heterocycles. The number of piperazine rings is 1. The minimum Gasteiger partial charge on any atom is -0.337 e. The summed E-state index contributed by atoms with van der Waals surface area (Å²) < 4.78 is 1.02. The van der Waals surface area contributed by atoms with Crippen LogP contribution in [0.5, 0.6) is 0 Å². The molecule has 0 aliphatic carbocycles. The van der Waals surface area contributed by atoms with Crippen LogP contribution >= 0.6 is 28.1 Å². The van der Waals surface area contributed by atoms with E-state index in [0.717, 1.165) is 29.7 Å². The molecule has 1 amide bonds. The Morgan fingerprint density at radius 2 is 2.00 bits per heavy atom. The Morgan fingerprint density at radius 1 is 1.23 bits per heavy atom. The molecule has 134 valence electrons. The number of amides is 1. The summed E-state index contributed by atoms with van der Waals surface area (Å²) in [5.74, 6) is 0.146. The minimum atomic E-state index is 0.0743. The Kier molecular flexibility index (Phi) is 4.71. The van der Waals surface area contributed by atoms with Crippen LogP contribution in [0.25, 0.3) is 0 Å². The molecule has 2 aromatic rings. The minimum absolute atomic E-state index is 0.0743. The normalized spacial score (nSPS) is 19.0. The third-order valence-corrected chi connectivity index (χ3v) is 5.97. The maximum atomic E-state index is 12.7. The monoisotopic (exact) mass is 429 g/mol. The molecule has 0 radical (unpaired) electrons. The predicted molar refractivity (Wildman–Crippen MR) is 111 cm³/mol. The van der Waals surface area contributed by atoms with Crippen molar-refractivity contribution in [1.82, 2.24) is 9.80 Å². The SMILES string of the molecule is Cc1ccc2c(c1)CCN1C(=O)CN(C(=S)Nc3ccc(Br)cc3)C[C@H]21. The lowest BCUT2D eigenvalue weighted by Crippen LogP contribution is -2.56. The van der Waals surface area contributed by atoms with E-state index in [1.165, 1.54) is 16.7 Å². The number of halogens is 1. The summed E-state index contributed by atoms with van der Waals surface area (Å²) in [6.07, 6.45) is 0.931. The van der Waals surface area contributed by atoms with E-state index >= 15 is 0 Å². The van der Waals surface area contributed by atoms with E-state index in [4.69, 9.17) is 12.2 Å². The van der Waals surface area contributed by atoms with E-state index in [1.807, 2.05) is 34.1 Å². The predicted octanol–water partition coefficient (Wildman–Crippen LogP) is 3.90. The zero-order valence-electron chi connectivity index (χ0n) is 14.5. The van der Waals surface area contributed by atoms with Crippen LogP contribution < -0.4 is 5.32 Å². The van der Waals surface area contributed by atoms with Crippen LogP contribution in [0.1, 0.15) is 22.7 Å². The molecule has 4 nitrogen and oxygen atoms in total. The average Bonchev–Trinajstić information content (AvgIpc) is 2.63. The first-order valence-corrected chi connectivity index (χ1v) is 9.92. The van der Waals surface area contributed by atoms with Gasteiger partial charge in [-0.05, 0) is 61.0 Å². The van der Waals surface area contributed by atoms with Crippen molar-refractivity contribution in [3.63, 3.8) is 0 Å². The first-order chi connectivity index (χ1) is 12.5. The Bertz CT molecular complexity index is 868. The maximum absolute atomic E-state index is 12.7. The van der Waals surface area contributed by atoms with E-state index in [9.17, 15) is 4.79 Å². The molecule has 4 rings (SSSR count). The zero-order chi connectivity index (χ0) is 18.3. The van der Waals surface area contributed by atoms with E-state index in [2.05, 4.69) is 46.4 Å². The first-order valence-electron chi connectivity index (χ1n) is 8.71. The lowest BCUT2D eigenvalue weighted by molar-refractivity contribution is -0.138. The molecule has 2 aliphatic rings. The topological polar surface area (TPSA) is 35.6 Å². The summed E-state index contributed by atoms with van der Waals surface area (Å²) in [4.78, 5) is 16.7. The van der Waals surface area contributed by atoms with Gasteiger partial charge in [0.25, 0.3) is 0 Å². The number of rotatable bonds is 1. The fourth-order valence-corrected chi connectivity index (χ4v) is 4.28. The highest BCUT2D eigenvalue weighted by atomic mass is 79.9. The molecule has 0 spiro atoms. The summed E-state index contributed by atoms with van der Waals surface area (Å²) in [6.45, 7) is 3.97. The van der Waals surface area contributed by atoms with Gasteiger partial charge in [-0.1, -0.05) is 39.7 Å². The third-order valence-electron chi connectivity index (χ3n) is 5.08. The largest absolute Gasteiger partial charge is 0.337 e. The molecule has 0 unspecified atom stereocenters. The van der Waals surface area contributed by atoms with E-state index in [0.29, 0.717) is 11.7 Å². The van der Waals surface area contributed by atoms with Gasteiger partial charge in [0.05, 0.1) is 12.6 Å². The van der Waals surface area contributed by atoms with Gasteiger partial charge in [0.1, 0.15) is 0 Å². The van der Waals surface area contributed by atoms with E-state index < -0.39 is 0 Å².